The minimum atomic E-state index is -0.492. The molecule has 0 saturated carbocycles. The van der Waals surface area contributed by atoms with Gasteiger partial charge >= 0.3 is 0 Å². The van der Waals surface area contributed by atoms with Gasteiger partial charge in [-0.2, -0.15) is 0 Å². The lowest BCUT2D eigenvalue weighted by molar-refractivity contribution is 0.554. The van der Waals surface area contributed by atoms with Crippen molar-refractivity contribution in [2.24, 2.45) is 10.7 Å². The van der Waals surface area contributed by atoms with Gasteiger partial charge in [-0.15, -0.1) is 0 Å². The highest BCUT2D eigenvalue weighted by molar-refractivity contribution is 6.12. The van der Waals surface area contributed by atoms with Gasteiger partial charge in [0.1, 0.15) is 12.0 Å². The van der Waals surface area contributed by atoms with Crippen molar-refractivity contribution >= 4 is 27.6 Å². The summed E-state index contributed by atoms with van der Waals surface area (Å²) in [5.74, 6) is 0.488. The van der Waals surface area contributed by atoms with E-state index in [-0.39, 0.29) is 6.17 Å². The lowest BCUT2D eigenvalue weighted by Crippen LogP contribution is -2.28. The van der Waals surface area contributed by atoms with E-state index in [1.807, 2.05) is 24.3 Å². The van der Waals surface area contributed by atoms with E-state index >= 15 is 0 Å². The van der Waals surface area contributed by atoms with Gasteiger partial charge in [0.05, 0.1) is 16.4 Å². The summed E-state index contributed by atoms with van der Waals surface area (Å²) >= 11 is 0. The molecule has 1 unspecified atom stereocenters. The van der Waals surface area contributed by atoms with Crippen LogP contribution in [0, 0.1) is 0 Å². The summed E-state index contributed by atoms with van der Waals surface area (Å²) in [4.78, 5) is 5.08. The molecule has 1 heterocycles. The van der Waals surface area contributed by atoms with Gasteiger partial charge < -0.3 is 10.3 Å². The van der Waals surface area contributed by atoms with E-state index in [2.05, 4.69) is 216 Å². The third-order valence-electron chi connectivity index (χ3n) is 12.6. The summed E-state index contributed by atoms with van der Waals surface area (Å²) in [5, 5.41) is 6.22. The number of aliphatic imine (C=N–C) groups is 1. The van der Waals surface area contributed by atoms with E-state index in [1.54, 1.807) is 0 Å². The quantitative estimate of drug-likeness (QED) is 0.107. The van der Waals surface area contributed by atoms with Crippen LogP contribution >= 0.6 is 0 Å². The van der Waals surface area contributed by atoms with E-state index < -0.39 is 5.41 Å². The van der Waals surface area contributed by atoms with Gasteiger partial charge in [0.25, 0.3) is 0 Å². The highest BCUT2D eigenvalue weighted by Crippen LogP contribution is 2.57. The fourth-order valence-electron chi connectivity index (χ4n) is 9.75. The van der Waals surface area contributed by atoms with Crippen LogP contribution in [0.4, 0.5) is 0 Å². The highest BCUT2D eigenvalue weighted by atomic mass is 15.1. The molecule has 1 aliphatic rings. The molecule has 0 fully saturated rings. The number of fused-ring (bicyclic) bond motifs is 6. The van der Waals surface area contributed by atoms with Crippen LogP contribution in [-0.4, -0.2) is 10.4 Å². The molecule has 0 amide bonds. The number of rotatable bonds is 10. The minimum Gasteiger partial charge on any atom is -0.383 e. The van der Waals surface area contributed by atoms with Gasteiger partial charge in [0.15, 0.2) is 0 Å². The number of nitrogens with zero attached hydrogens (tertiary/aromatic N) is 2. The van der Waals surface area contributed by atoms with Gasteiger partial charge in [-0.25, -0.2) is 4.99 Å². The Morgan fingerprint density at radius 3 is 1.84 bits per heavy atom. The van der Waals surface area contributed by atoms with Crippen molar-refractivity contribution in [2.45, 2.75) is 18.1 Å². The van der Waals surface area contributed by atoms with Crippen LogP contribution in [0.2, 0.25) is 0 Å². The Bertz CT molecular complexity index is 3190. The molecule has 4 nitrogen and oxygen atoms in total. The molecule has 0 saturated heterocycles. The summed E-state index contributed by atoms with van der Waals surface area (Å²) in [5.41, 5.74) is 22.8. The van der Waals surface area contributed by atoms with Gasteiger partial charge in [-0.1, -0.05) is 200 Å². The number of nitrogens with one attached hydrogen (secondary N) is 1. The molecule has 10 aromatic rings. The molecule has 1 aromatic heterocycles. The molecular weight excluding hydrogens is 753 g/mol. The molecule has 1 aliphatic carbocycles. The van der Waals surface area contributed by atoms with Crippen LogP contribution in [0.1, 0.15) is 45.1 Å². The normalized spacial score (nSPS) is 13.5. The third kappa shape index (κ3) is 6.32. The van der Waals surface area contributed by atoms with Gasteiger partial charge in [0.2, 0.25) is 0 Å². The van der Waals surface area contributed by atoms with Gasteiger partial charge in [-0.3, -0.25) is 5.32 Å². The Morgan fingerprint density at radius 1 is 0.500 bits per heavy atom. The van der Waals surface area contributed by atoms with Crippen molar-refractivity contribution in [2.75, 3.05) is 0 Å². The standard InChI is InChI=1S/C58H44N4/c59-56(43-34-32-42(33-35-43)41-19-5-1-6-20-41)61-57(44-21-7-2-8-22-44)60-39-40-18-17-27-47(36-40)62-54-31-16-14-29-49(54)51-37-50-48-28-13-15-30-52(48)58(53(50)38-55(51)62,45-23-9-3-10-24-45)46-25-11-4-12-26-46/h1-38,57,60H,39H2,(H2,59,61). The van der Waals surface area contributed by atoms with E-state index in [9.17, 15) is 0 Å². The molecule has 11 rings (SSSR count). The molecule has 1 atom stereocenters. The molecular formula is C58H44N4. The van der Waals surface area contributed by atoms with Crippen LogP contribution in [0.3, 0.4) is 0 Å². The van der Waals surface area contributed by atoms with E-state index in [4.69, 9.17) is 10.7 Å². The Hall–Kier alpha value is -7.79. The van der Waals surface area contributed by atoms with Crippen molar-refractivity contribution in [3.63, 3.8) is 0 Å². The van der Waals surface area contributed by atoms with Crippen molar-refractivity contribution < 1.29 is 0 Å². The second-order valence-corrected chi connectivity index (χ2v) is 16.1. The Labute approximate surface area is 362 Å². The molecule has 9 aromatic carbocycles. The Kier molecular flexibility index (Phi) is 9.41. The number of amidine groups is 1. The number of benzene rings is 9. The smallest absolute Gasteiger partial charge is 0.128 e. The first-order chi connectivity index (χ1) is 30.7. The fraction of sp³-hybridized carbons (Fsp3) is 0.0517. The van der Waals surface area contributed by atoms with Crippen LogP contribution in [-0.2, 0) is 12.0 Å². The molecule has 4 heteroatoms. The third-order valence-corrected chi connectivity index (χ3v) is 12.6. The lowest BCUT2D eigenvalue weighted by atomic mass is 9.67. The number of aromatic nitrogens is 1. The van der Waals surface area contributed by atoms with Gasteiger partial charge in [-0.05, 0) is 86.0 Å². The molecule has 0 radical (unpaired) electrons. The van der Waals surface area contributed by atoms with Gasteiger partial charge in [0, 0.05) is 28.6 Å². The molecule has 0 spiro atoms. The van der Waals surface area contributed by atoms with E-state index in [0.29, 0.717) is 12.4 Å². The van der Waals surface area contributed by atoms with Crippen LogP contribution in [0.25, 0.3) is 49.7 Å². The minimum absolute atomic E-state index is 0.352. The summed E-state index contributed by atoms with van der Waals surface area (Å²) in [6, 6.07) is 82.7. The van der Waals surface area contributed by atoms with E-state index in [1.165, 1.54) is 60.8 Å². The average molecular weight is 797 g/mol. The number of para-hydroxylation sites is 1. The number of nitrogens with two attached hydrogens (primary N) is 1. The second-order valence-electron chi connectivity index (χ2n) is 16.1. The molecule has 0 bridgehead atoms. The average Bonchev–Trinajstić information content (AvgIpc) is 3.83. The van der Waals surface area contributed by atoms with Crippen LogP contribution < -0.4 is 11.1 Å². The summed E-state index contributed by atoms with van der Waals surface area (Å²) < 4.78 is 2.45. The fourth-order valence-corrected chi connectivity index (χ4v) is 9.75. The zero-order valence-electron chi connectivity index (χ0n) is 34.2. The summed E-state index contributed by atoms with van der Waals surface area (Å²) in [6.45, 7) is 0.587. The zero-order chi connectivity index (χ0) is 41.5. The first-order valence-corrected chi connectivity index (χ1v) is 21.3. The Balaban J connectivity index is 0.999. The van der Waals surface area contributed by atoms with Crippen molar-refractivity contribution in [3.8, 4) is 27.9 Å². The Morgan fingerprint density at radius 2 is 1.11 bits per heavy atom. The first kappa shape index (κ1) is 37.2. The SMILES string of the molecule is NC(=NC(NCc1cccc(-n2c3ccccc3c3cc4c(cc32)C(c2ccccc2)(c2ccccc2)c2ccccc2-4)c1)c1ccccc1)c1ccc(-c2ccccc2)cc1. The van der Waals surface area contributed by atoms with E-state index in [0.717, 1.165) is 27.9 Å². The maximum absolute atomic E-state index is 6.75. The summed E-state index contributed by atoms with van der Waals surface area (Å²) in [6.07, 6.45) is -0.352. The molecule has 296 valence electrons. The van der Waals surface area contributed by atoms with Crippen molar-refractivity contribution in [3.05, 3.63) is 269 Å². The second kappa shape index (κ2) is 15.7. The largest absolute Gasteiger partial charge is 0.383 e. The lowest BCUT2D eigenvalue weighted by Gasteiger charge is -2.34. The number of hydrogen-bond donors (Lipinski definition) is 2. The van der Waals surface area contributed by atoms with Crippen molar-refractivity contribution in [1.82, 2.24) is 9.88 Å². The maximum Gasteiger partial charge on any atom is 0.128 e. The topological polar surface area (TPSA) is 55.3 Å². The monoisotopic (exact) mass is 796 g/mol. The zero-order valence-corrected chi connectivity index (χ0v) is 34.2. The molecule has 3 N–H and O–H groups in total. The van der Waals surface area contributed by atoms with Crippen LogP contribution in [0.5, 0.6) is 0 Å². The predicted molar refractivity (Wildman–Crippen MR) is 257 cm³/mol. The highest BCUT2D eigenvalue weighted by Gasteiger charge is 2.46. The van der Waals surface area contributed by atoms with Crippen molar-refractivity contribution in [1.29, 1.82) is 0 Å². The number of hydrogen-bond acceptors (Lipinski definition) is 2. The van der Waals surface area contributed by atoms with Crippen LogP contribution in [0.15, 0.2) is 236 Å². The molecule has 62 heavy (non-hydrogen) atoms. The first-order valence-electron chi connectivity index (χ1n) is 21.3. The molecule has 0 aliphatic heterocycles. The maximum atomic E-state index is 6.75. The predicted octanol–water partition coefficient (Wildman–Crippen LogP) is 13.0. The summed E-state index contributed by atoms with van der Waals surface area (Å²) in [7, 11) is 0.